The van der Waals surface area contributed by atoms with Crippen LogP contribution < -0.4 is 0 Å². The second-order valence-electron chi connectivity index (χ2n) is 4.40. The van der Waals surface area contributed by atoms with Crippen LogP contribution in [0, 0.1) is 5.92 Å². The van der Waals surface area contributed by atoms with Gasteiger partial charge in [0.25, 0.3) is 0 Å². The van der Waals surface area contributed by atoms with Crippen molar-refractivity contribution in [2.75, 3.05) is 0 Å². The molecule has 0 saturated heterocycles. The van der Waals surface area contributed by atoms with Gasteiger partial charge in [-0.2, -0.15) is 0 Å². The summed E-state index contributed by atoms with van der Waals surface area (Å²) in [5.41, 5.74) is 0. The van der Waals surface area contributed by atoms with E-state index in [1.165, 1.54) is 25.7 Å². The molecular formula is C12H27As. The zero-order chi connectivity index (χ0) is 10.1. The van der Waals surface area contributed by atoms with Gasteiger partial charge in [0.15, 0.2) is 0 Å². The maximum atomic E-state index is 2.39. The second-order valence-corrected chi connectivity index (χ2v) is 9.86. The third-order valence-corrected chi connectivity index (χ3v) is 8.88. The molecule has 0 radical (unpaired) electrons. The van der Waals surface area contributed by atoms with Gasteiger partial charge in [-0.1, -0.05) is 0 Å². The molecule has 0 saturated carbocycles. The van der Waals surface area contributed by atoms with E-state index in [9.17, 15) is 0 Å². The molecule has 80 valence electrons. The Balaban J connectivity index is 3.60. The van der Waals surface area contributed by atoms with Crippen LogP contribution in [-0.4, -0.2) is 14.7 Å². The summed E-state index contributed by atoms with van der Waals surface area (Å²) in [7, 11) is 0. The van der Waals surface area contributed by atoms with Crippen LogP contribution in [-0.2, 0) is 0 Å². The average molecular weight is 246 g/mol. The van der Waals surface area contributed by atoms with Gasteiger partial charge in [0, 0.05) is 0 Å². The zero-order valence-corrected chi connectivity index (χ0v) is 11.9. The maximum absolute atomic E-state index is 2.39. The normalized spacial score (nSPS) is 11.5. The van der Waals surface area contributed by atoms with Crippen molar-refractivity contribution in [1.29, 1.82) is 0 Å². The first kappa shape index (κ1) is 13.6. The van der Waals surface area contributed by atoms with E-state index in [0.717, 1.165) is 5.92 Å². The van der Waals surface area contributed by atoms with Gasteiger partial charge < -0.3 is 0 Å². The van der Waals surface area contributed by atoms with Crippen molar-refractivity contribution in [2.24, 2.45) is 5.92 Å². The fourth-order valence-electron chi connectivity index (χ4n) is 1.57. The zero-order valence-electron chi connectivity index (χ0n) is 9.97. The minimum atomic E-state index is -0.394. The van der Waals surface area contributed by atoms with Gasteiger partial charge in [0.1, 0.15) is 0 Å². The van der Waals surface area contributed by atoms with Crippen molar-refractivity contribution in [1.82, 2.24) is 0 Å². The van der Waals surface area contributed by atoms with Gasteiger partial charge in [-0.3, -0.25) is 0 Å². The monoisotopic (exact) mass is 246 g/mol. The number of hydrogen-bond donors (Lipinski definition) is 0. The van der Waals surface area contributed by atoms with Gasteiger partial charge in [-0.25, -0.2) is 0 Å². The summed E-state index contributed by atoms with van der Waals surface area (Å²) >= 11 is -0.394. The molecule has 0 spiro atoms. The molecule has 0 aliphatic heterocycles. The van der Waals surface area contributed by atoms with Crippen LogP contribution in [0.15, 0.2) is 0 Å². The van der Waals surface area contributed by atoms with Crippen LogP contribution in [0.5, 0.6) is 0 Å². The predicted molar refractivity (Wildman–Crippen MR) is 64.8 cm³/mol. The summed E-state index contributed by atoms with van der Waals surface area (Å²) in [6, 6.07) is 0. The van der Waals surface area contributed by atoms with Gasteiger partial charge in [0.2, 0.25) is 0 Å². The molecule has 0 aromatic carbocycles. The summed E-state index contributed by atoms with van der Waals surface area (Å²) in [6.45, 7) is 9.42. The van der Waals surface area contributed by atoms with Gasteiger partial charge in [-0.15, -0.1) is 0 Å². The SMILES string of the molecule is CCCC[As](CCCC)CC(C)C. The van der Waals surface area contributed by atoms with Crippen LogP contribution in [0.25, 0.3) is 0 Å². The van der Waals surface area contributed by atoms with E-state index in [1.54, 1.807) is 15.6 Å². The van der Waals surface area contributed by atoms with Crippen molar-refractivity contribution in [3.05, 3.63) is 0 Å². The van der Waals surface area contributed by atoms with E-state index in [4.69, 9.17) is 0 Å². The third kappa shape index (κ3) is 8.88. The van der Waals surface area contributed by atoms with Gasteiger partial charge in [0.05, 0.1) is 0 Å². The van der Waals surface area contributed by atoms with Crippen LogP contribution in [0.1, 0.15) is 53.4 Å². The van der Waals surface area contributed by atoms with E-state index in [2.05, 4.69) is 27.7 Å². The summed E-state index contributed by atoms with van der Waals surface area (Å²) in [6.07, 6.45) is 5.79. The Labute approximate surface area is 89.8 Å². The molecule has 0 nitrogen and oxygen atoms in total. The first-order valence-corrected chi connectivity index (χ1v) is 9.91. The molecule has 0 aliphatic carbocycles. The molecule has 13 heavy (non-hydrogen) atoms. The minimum absolute atomic E-state index is 0.394. The Bertz CT molecular complexity index is 91.3. The molecule has 1 heteroatoms. The molecule has 0 aliphatic rings. The molecule has 0 rings (SSSR count). The van der Waals surface area contributed by atoms with Crippen LogP contribution in [0.2, 0.25) is 15.6 Å². The fraction of sp³-hybridized carbons (Fsp3) is 1.00. The summed E-state index contributed by atoms with van der Waals surface area (Å²) < 4.78 is 0. The topological polar surface area (TPSA) is 0 Å². The quantitative estimate of drug-likeness (QED) is 0.543. The first-order chi connectivity index (χ1) is 6.20. The van der Waals surface area contributed by atoms with Crippen LogP contribution in [0.4, 0.5) is 0 Å². The van der Waals surface area contributed by atoms with Crippen molar-refractivity contribution in [3.63, 3.8) is 0 Å². The van der Waals surface area contributed by atoms with Crippen molar-refractivity contribution in [2.45, 2.75) is 69.0 Å². The Morgan fingerprint density at radius 3 is 1.69 bits per heavy atom. The average Bonchev–Trinajstić information content (AvgIpc) is 2.09. The van der Waals surface area contributed by atoms with Crippen molar-refractivity contribution < 1.29 is 0 Å². The Morgan fingerprint density at radius 2 is 1.38 bits per heavy atom. The van der Waals surface area contributed by atoms with E-state index in [0.29, 0.717) is 0 Å². The van der Waals surface area contributed by atoms with Crippen molar-refractivity contribution >= 4 is 14.7 Å². The summed E-state index contributed by atoms with van der Waals surface area (Å²) in [5.74, 6) is 0.953. The summed E-state index contributed by atoms with van der Waals surface area (Å²) in [4.78, 5) is 0. The second kappa shape index (κ2) is 9.13. The Morgan fingerprint density at radius 1 is 0.923 bits per heavy atom. The Hall–Kier alpha value is 0.558. The van der Waals surface area contributed by atoms with Crippen molar-refractivity contribution in [3.8, 4) is 0 Å². The number of unbranched alkanes of at least 4 members (excludes halogenated alkanes) is 2. The molecule has 0 aromatic heterocycles. The van der Waals surface area contributed by atoms with Crippen LogP contribution in [0.3, 0.4) is 0 Å². The molecule has 0 atom stereocenters. The van der Waals surface area contributed by atoms with E-state index < -0.39 is 14.7 Å². The van der Waals surface area contributed by atoms with E-state index in [-0.39, 0.29) is 0 Å². The molecule has 0 unspecified atom stereocenters. The number of hydrogen-bond acceptors (Lipinski definition) is 0. The van der Waals surface area contributed by atoms with Gasteiger partial charge >= 0.3 is 89.6 Å². The van der Waals surface area contributed by atoms with E-state index in [1.807, 2.05) is 0 Å². The third-order valence-electron chi connectivity index (χ3n) is 2.28. The molecule has 0 aromatic rings. The van der Waals surface area contributed by atoms with Gasteiger partial charge in [-0.05, 0) is 0 Å². The molecule has 0 bridgehead atoms. The van der Waals surface area contributed by atoms with Crippen LogP contribution >= 0.6 is 0 Å². The number of rotatable bonds is 8. The molecule has 0 fully saturated rings. The first-order valence-electron chi connectivity index (χ1n) is 5.93. The Kier molecular flexibility index (Phi) is 9.52. The molecular weight excluding hydrogens is 219 g/mol. The molecule has 0 N–H and O–H groups in total. The van der Waals surface area contributed by atoms with E-state index >= 15 is 0 Å². The predicted octanol–water partition coefficient (Wildman–Crippen LogP) is 4.74. The fourth-order valence-corrected chi connectivity index (χ4v) is 8.18. The molecule has 0 heterocycles. The summed E-state index contributed by atoms with van der Waals surface area (Å²) in [5, 5.41) is 4.82. The molecule has 0 amide bonds. The standard InChI is InChI=1S/C12H27As/c1-5-7-9-13(10-8-6-2)11-12(3)4/h12H,5-11H2,1-4H3.